The van der Waals surface area contributed by atoms with Crippen molar-refractivity contribution < 1.29 is 29.3 Å². The molecular formula is C38H37ClN8O6. The highest BCUT2D eigenvalue weighted by atomic mass is 35.5. The maximum absolute atomic E-state index is 11.5. The number of phenolic OH excluding ortho intramolecular Hbond substituents is 2. The van der Waals surface area contributed by atoms with Gasteiger partial charge < -0.3 is 29.9 Å². The fraction of sp³-hybridized carbons (Fsp3) is 0.263. The van der Waals surface area contributed by atoms with Gasteiger partial charge in [0, 0.05) is 61.6 Å². The average Bonchev–Trinajstić information content (AvgIpc) is 3.81. The molecule has 272 valence electrons. The molecule has 6 heterocycles. The number of aliphatic imine (C=N–C) groups is 2. The summed E-state index contributed by atoms with van der Waals surface area (Å²) in [5, 5.41) is 21.6. The molecule has 4 aromatic rings. The van der Waals surface area contributed by atoms with E-state index in [-0.39, 0.29) is 23.3 Å². The Morgan fingerprint density at radius 3 is 1.60 bits per heavy atom. The van der Waals surface area contributed by atoms with Gasteiger partial charge >= 0.3 is 0 Å². The summed E-state index contributed by atoms with van der Waals surface area (Å²) in [5.41, 5.74) is 5.06. The van der Waals surface area contributed by atoms with E-state index in [1.54, 1.807) is 65.9 Å². The molecule has 2 aromatic carbocycles. The molecule has 2 saturated heterocycles. The molecule has 0 spiro atoms. The summed E-state index contributed by atoms with van der Waals surface area (Å²) in [6.07, 6.45) is 5.89. The van der Waals surface area contributed by atoms with Crippen LogP contribution >= 0.6 is 11.6 Å². The van der Waals surface area contributed by atoms with Gasteiger partial charge in [0.25, 0.3) is 0 Å². The lowest BCUT2D eigenvalue weighted by Gasteiger charge is -2.38. The number of phenols is 2. The first-order valence-corrected chi connectivity index (χ1v) is 17.2. The number of hydrogen-bond acceptors (Lipinski definition) is 13. The number of likely N-dealkylation sites (tertiary alicyclic amines) is 1. The number of nitrogens with one attached hydrogen (secondary N) is 1. The zero-order valence-corrected chi connectivity index (χ0v) is 29.4. The van der Waals surface area contributed by atoms with Gasteiger partial charge in [-0.05, 0) is 72.3 Å². The Balaban J connectivity index is 0.000000163. The minimum Gasteiger partial charge on any atom is -0.508 e. The number of halogens is 1. The number of carbonyl (C=O) groups is 2. The molecule has 1 amide bonds. The topological polar surface area (TPSA) is 185 Å². The highest BCUT2D eigenvalue weighted by Crippen LogP contribution is 2.29. The average molecular weight is 737 g/mol. The van der Waals surface area contributed by atoms with Crippen molar-refractivity contribution in [1.29, 1.82) is 0 Å². The maximum Gasteiger partial charge on any atom is 0.245 e. The second-order valence-corrected chi connectivity index (χ2v) is 12.8. The molecule has 0 atom stereocenters. The molecule has 8 rings (SSSR count). The number of rotatable bonds is 10. The third-order valence-electron chi connectivity index (χ3n) is 8.53. The number of aromatic hydroxyl groups is 2. The van der Waals surface area contributed by atoms with Crippen molar-refractivity contribution in [1.82, 2.24) is 30.2 Å². The van der Waals surface area contributed by atoms with E-state index in [4.69, 9.17) is 21.1 Å². The summed E-state index contributed by atoms with van der Waals surface area (Å²) in [6, 6.07) is 13.6. The van der Waals surface area contributed by atoms with Gasteiger partial charge in [0.05, 0.1) is 48.8 Å². The molecule has 0 aliphatic carbocycles. The SMILES string of the molecule is C=CC(=O)Cl.C=CC(=O)N1CC(COc2nc(-c3ccc(O)cc3)nc3c2C=NC3)C1.Oc1ccc(-c2nc3c(c(OCC4CNC4)n2)C=NC3)cc1. The maximum atomic E-state index is 11.5. The first kappa shape index (κ1) is 36.8. The number of benzene rings is 2. The van der Waals surface area contributed by atoms with Crippen LogP contribution in [0.15, 0.2) is 83.8 Å². The molecule has 3 N–H and O–H groups in total. The lowest BCUT2D eigenvalue weighted by molar-refractivity contribution is -0.132. The smallest absolute Gasteiger partial charge is 0.245 e. The zero-order chi connectivity index (χ0) is 37.3. The van der Waals surface area contributed by atoms with Crippen LogP contribution in [0, 0.1) is 11.8 Å². The largest absolute Gasteiger partial charge is 0.508 e. The zero-order valence-electron chi connectivity index (χ0n) is 28.7. The molecule has 0 saturated carbocycles. The standard InChI is InChI=1S/C19H18N4O3.C16H16N4O2.C3H3ClO/c1-2-17(25)23-9-12(10-23)11-26-19-15-7-20-8-16(15)21-18(22-19)13-3-5-14(24)6-4-13;21-12-3-1-11(2-4-12)15-19-14-8-18-7-13(14)16(20-15)22-9-10-5-17-6-10;1-2-3(4)5/h2-7,12,24H,1,8-11H2;1-4,7,10,17,21H,5-6,8-9H2;2H,1H2. The monoisotopic (exact) mass is 736 g/mol. The summed E-state index contributed by atoms with van der Waals surface area (Å²) >= 11 is 4.71. The first-order chi connectivity index (χ1) is 25.7. The number of ether oxygens (including phenoxy) is 2. The van der Waals surface area contributed by atoms with Gasteiger partial charge in [-0.3, -0.25) is 19.6 Å². The molecule has 0 radical (unpaired) electrons. The van der Waals surface area contributed by atoms with E-state index in [1.807, 2.05) is 0 Å². The lowest BCUT2D eigenvalue weighted by atomic mass is 10.0. The Kier molecular flexibility index (Phi) is 11.8. The number of aromatic nitrogens is 4. The lowest BCUT2D eigenvalue weighted by Crippen LogP contribution is -2.51. The van der Waals surface area contributed by atoms with Crippen LogP contribution in [0.25, 0.3) is 22.8 Å². The summed E-state index contributed by atoms with van der Waals surface area (Å²) in [4.78, 5) is 49.4. The van der Waals surface area contributed by atoms with Crippen molar-refractivity contribution >= 4 is 35.2 Å². The molecule has 4 aliphatic heterocycles. The van der Waals surface area contributed by atoms with E-state index in [0.29, 0.717) is 68.7 Å². The van der Waals surface area contributed by atoms with Crippen molar-refractivity contribution in [3.05, 3.63) is 96.4 Å². The van der Waals surface area contributed by atoms with Gasteiger partial charge in [0.2, 0.25) is 22.9 Å². The predicted molar refractivity (Wildman–Crippen MR) is 200 cm³/mol. The summed E-state index contributed by atoms with van der Waals surface area (Å²) < 4.78 is 11.9. The minimum absolute atomic E-state index is 0.0501. The second-order valence-electron chi connectivity index (χ2n) is 12.4. The fourth-order valence-corrected chi connectivity index (χ4v) is 5.48. The highest BCUT2D eigenvalue weighted by molar-refractivity contribution is 6.66. The van der Waals surface area contributed by atoms with Gasteiger partial charge in [0.1, 0.15) is 11.5 Å². The van der Waals surface area contributed by atoms with Crippen molar-refractivity contribution in [3.8, 4) is 46.0 Å². The summed E-state index contributed by atoms with van der Waals surface area (Å²) in [5.74, 6) is 3.44. The van der Waals surface area contributed by atoms with E-state index in [0.717, 1.165) is 52.8 Å². The van der Waals surface area contributed by atoms with Crippen molar-refractivity contribution in [2.24, 2.45) is 21.8 Å². The molecule has 53 heavy (non-hydrogen) atoms. The van der Waals surface area contributed by atoms with Gasteiger partial charge in [-0.1, -0.05) is 13.2 Å². The van der Waals surface area contributed by atoms with Crippen molar-refractivity contribution in [3.63, 3.8) is 0 Å². The number of carbonyl (C=O) groups excluding carboxylic acids is 2. The Hall–Kier alpha value is -5.99. The summed E-state index contributed by atoms with van der Waals surface area (Å²) in [7, 11) is 0. The first-order valence-electron chi connectivity index (χ1n) is 16.8. The predicted octanol–water partition coefficient (Wildman–Crippen LogP) is 4.12. The van der Waals surface area contributed by atoms with Gasteiger partial charge in [-0.2, -0.15) is 9.97 Å². The van der Waals surface area contributed by atoms with Crippen LogP contribution < -0.4 is 14.8 Å². The number of amides is 1. The van der Waals surface area contributed by atoms with E-state index < -0.39 is 5.24 Å². The minimum atomic E-state index is -0.509. The van der Waals surface area contributed by atoms with Crippen LogP contribution in [0.2, 0.25) is 0 Å². The third kappa shape index (κ3) is 9.28. The number of fused-ring (bicyclic) bond motifs is 2. The highest BCUT2D eigenvalue weighted by Gasteiger charge is 2.30. The third-order valence-corrected chi connectivity index (χ3v) is 8.69. The van der Waals surface area contributed by atoms with Gasteiger partial charge in [-0.25, -0.2) is 9.97 Å². The second kappa shape index (κ2) is 17.0. The van der Waals surface area contributed by atoms with Crippen molar-refractivity contribution in [2.45, 2.75) is 13.1 Å². The van der Waals surface area contributed by atoms with Crippen LogP contribution in [0.4, 0.5) is 0 Å². The number of nitrogens with zero attached hydrogens (tertiary/aromatic N) is 7. The molecule has 0 unspecified atom stereocenters. The van der Waals surface area contributed by atoms with E-state index >= 15 is 0 Å². The Morgan fingerprint density at radius 2 is 1.21 bits per heavy atom. The fourth-order valence-electron chi connectivity index (χ4n) is 5.48. The molecule has 0 bridgehead atoms. The van der Waals surface area contributed by atoms with Gasteiger partial charge in [-0.15, -0.1) is 0 Å². The number of allylic oxidation sites excluding steroid dienone is 1. The molecular weight excluding hydrogens is 700 g/mol. The van der Waals surface area contributed by atoms with Gasteiger partial charge in [0.15, 0.2) is 11.6 Å². The van der Waals surface area contributed by atoms with Crippen LogP contribution in [-0.2, 0) is 22.7 Å². The molecule has 4 aliphatic rings. The molecule has 15 heteroatoms. The van der Waals surface area contributed by atoms with E-state index in [2.05, 4.69) is 48.4 Å². The van der Waals surface area contributed by atoms with Crippen LogP contribution in [-0.4, -0.2) is 98.0 Å². The Labute approximate surface area is 310 Å². The number of hydrogen-bond donors (Lipinski definition) is 3. The Morgan fingerprint density at radius 1 is 0.755 bits per heavy atom. The quantitative estimate of drug-likeness (QED) is 0.157. The van der Waals surface area contributed by atoms with E-state index in [1.165, 1.54) is 6.08 Å². The summed E-state index contributed by atoms with van der Waals surface area (Å²) in [6.45, 7) is 12.1. The van der Waals surface area contributed by atoms with Crippen LogP contribution in [0.5, 0.6) is 23.3 Å². The van der Waals surface area contributed by atoms with Crippen molar-refractivity contribution in [2.75, 3.05) is 39.4 Å². The van der Waals surface area contributed by atoms with Crippen LogP contribution in [0.3, 0.4) is 0 Å². The molecule has 14 nitrogen and oxygen atoms in total. The van der Waals surface area contributed by atoms with E-state index in [9.17, 15) is 19.8 Å². The van der Waals surface area contributed by atoms with Crippen LogP contribution in [0.1, 0.15) is 22.5 Å². The molecule has 2 aromatic heterocycles. The molecule has 2 fully saturated rings. The normalized spacial score (nSPS) is 15.0. The Bertz CT molecular complexity index is 2050.